The first kappa shape index (κ1) is 23.1. The summed E-state index contributed by atoms with van der Waals surface area (Å²) in [5.74, 6) is 1.26. The minimum atomic E-state index is -0.576. The Kier molecular flexibility index (Phi) is 13.0. The highest BCUT2D eigenvalue weighted by Gasteiger charge is 2.09. The summed E-state index contributed by atoms with van der Waals surface area (Å²) in [7, 11) is 2.00. The van der Waals surface area contributed by atoms with Crippen molar-refractivity contribution in [1.82, 2.24) is 10.2 Å². The van der Waals surface area contributed by atoms with Crippen LogP contribution in [0.2, 0.25) is 0 Å². The van der Waals surface area contributed by atoms with E-state index in [1.807, 2.05) is 32.2 Å². The highest BCUT2D eigenvalue weighted by Crippen LogP contribution is 2.03. The first-order valence-electron chi connectivity index (χ1n) is 8.32. The van der Waals surface area contributed by atoms with E-state index in [-0.39, 0.29) is 24.0 Å². The zero-order valence-corrected chi connectivity index (χ0v) is 17.6. The highest BCUT2D eigenvalue weighted by atomic mass is 127. The van der Waals surface area contributed by atoms with Crippen molar-refractivity contribution in [3.63, 3.8) is 0 Å². The molecule has 1 aromatic rings. The van der Waals surface area contributed by atoms with Gasteiger partial charge in [0.05, 0.1) is 19.3 Å². The summed E-state index contributed by atoms with van der Waals surface area (Å²) in [6.45, 7) is 9.09. The van der Waals surface area contributed by atoms with Crippen molar-refractivity contribution in [3.05, 3.63) is 35.9 Å². The predicted molar refractivity (Wildman–Crippen MR) is 111 cm³/mol. The molecule has 1 atom stereocenters. The fraction of sp³-hybridized carbons (Fsp3) is 0.611. The van der Waals surface area contributed by atoms with Crippen molar-refractivity contribution >= 4 is 29.9 Å². The number of benzene rings is 1. The number of rotatable bonds is 9. The van der Waals surface area contributed by atoms with Gasteiger partial charge in [0.25, 0.3) is 0 Å². The van der Waals surface area contributed by atoms with Crippen LogP contribution in [-0.2, 0) is 11.3 Å². The minimum absolute atomic E-state index is 0. The lowest BCUT2D eigenvalue weighted by Gasteiger charge is -2.22. The Hall–Kier alpha value is -0.860. The van der Waals surface area contributed by atoms with Gasteiger partial charge in [-0.2, -0.15) is 0 Å². The van der Waals surface area contributed by atoms with Crippen LogP contribution in [-0.4, -0.2) is 55.4 Å². The normalized spacial score (nSPS) is 12.7. The quantitative estimate of drug-likeness (QED) is 0.346. The fourth-order valence-electron chi connectivity index (χ4n) is 2.09. The molecule has 6 heteroatoms. The van der Waals surface area contributed by atoms with Crippen LogP contribution in [0.25, 0.3) is 0 Å². The molecule has 1 rings (SSSR count). The van der Waals surface area contributed by atoms with Crippen LogP contribution in [0.5, 0.6) is 0 Å². The van der Waals surface area contributed by atoms with E-state index in [2.05, 4.69) is 41.2 Å². The zero-order valence-electron chi connectivity index (χ0n) is 15.2. The van der Waals surface area contributed by atoms with Crippen LogP contribution in [0.4, 0.5) is 0 Å². The standard InChI is InChI=1S/C18H31N3O2.HI/c1-5-19-18(20-11-17(22)14-23-13-15(2)3)21(4)12-16-9-7-6-8-10-16;/h6-10,15,17,22H,5,11-14H2,1-4H3,(H,19,20);1H. The topological polar surface area (TPSA) is 57.1 Å². The van der Waals surface area contributed by atoms with E-state index in [9.17, 15) is 5.11 Å². The van der Waals surface area contributed by atoms with Crippen LogP contribution < -0.4 is 5.32 Å². The van der Waals surface area contributed by atoms with Crippen LogP contribution in [0, 0.1) is 5.92 Å². The third kappa shape index (κ3) is 10.1. The summed E-state index contributed by atoms with van der Waals surface area (Å²) in [5.41, 5.74) is 1.22. The van der Waals surface area contributed by atoms with Gasteiger partial charge in [0, 0.05) is 26.7 Å². The van der Waals surface area contributed by atoms with Crippen molar-refractivity contribution in [2.24, 2.45) is 10.9 Å². The molecule has 138 valence electrons. The molecule has 0 saturated carbocycles. The average Bonchev–Trinajstić information content (AvgIpc) is 2.52. The molecule has 0 radical (unpaired) electrons. The number of nitrogens with zero attached hydrogens (tertiary/aromatic N) is 2. The molecule has 1 unspecified atom stereocenters. The maximum absolute atomic E-state index is 9.97. The third-order valence-corrected chi connectivity index (χ3v) is 3.17. The number of ether oxygens (including phenoxy) is 1. The Morgan fingerprint density at radius 2 is 1.92 bits per heavy atom. The maximum atomic E-state index is 9.97. The Balaban J connectivity index is 0.00000529. The first-order chi connectivity index (χ1) is 11.0. The smallest absolute Gasteiger partial charge is 0.194 e. The number of aliphatic imine (C=N–C) groups is 1. The van der Waals surface area contributed by atoms with Gasteiger partial charge in [0.15, 0.2) is 5.96 Å². The summed E-state index contributed by atoms with van der Waals surface area (Å²) >= 11 is 0. The van der Waals surface area contributed by atoms with E-state index >= 15 is 0 Å². The second-order valence-corrected chi connectivity index (χ2v) is 6.12. The molecule has 0 aliphatic carbocycles. The molecule has 0 amide bonds. The Morgan fingerprint density at radius 3 is 2.50 bits per heavy atom. The Labute approximate surface area is 163 Å². The number of aliphatic hydroxyl groups is 1. The van der Waals surface area contributed by atoms with E-state index < -0.39 is 6.10 Å². The molecule has 0 heterocycles. The van der Waals surface area contributed by atoms with Gasteiger partial charge >= 0.3 is 0 Å². The molecule has 0 fully saturated rings. The fourth-order valence-corrected chi connectivity index (χ4v) is 2.09. The molecule has 0 aliphatic rings. The molecule has 5 nitrogen and oxygen atoms in total. The molecule has 0 bridgehead atoms. The van der Waals surface area contributed by atoms with E-state index in [0.29, 0.717) is 25.7 Å². The number of guanidine groups is 1. The summed E-state index contributed by atoms with van der Waals surface area (Å²) in [4.78, 5) is 6.56. The van der Waals surface area contributed by atoms with Gasteiger partial charge in [-0.25, -0.2) is 0 Å². The van der Waals surface area contributed by atoms with Crippen LogP contribution in [0.3, 0.4) is 0 Å². The molecule has 2 N–H and O–H groups in total. The summed E-state index contributed by atoms with van der Waals surface area (Å²) in [6, 6.07) is 10.3. The number of nitrogens with one attached hydrogen (secondary N) is 1. The number of hydrogen-bond acceptors (Lipinski definition) is 3. The summed E-state index contributed by atoms with van der Waals surface area (Å²) in [5, 5.41) is 13.2. The van der Waals surface area contributed by atoms with Gasteiger partial charge in [-0.3, -0.25) is 4.99 Å². The van der Waals surface area contributed by atoms with Gasteiger partial charge < -0.3 is 20.1 Å². The van der Waals surface area contributed by atoms with E-state index in [0.717, 1.165) is 19.0 Å². The summed E-state index contributed by atoms with van der Waals surface area (Å²) < 4.78 is 5.45. The van der Waals surface area contributed by atoms with E-state index in [4.69, 9.17) is 4.74 Å². The lowest BCUT2D eigenvalue weighted by molar-refractivity contribution is 0.0300. The van der Waals surface area contributed by atoms with Gasteiger partial charge in [-0.1, -0.05) is 44.2 Å². The van der Waals surface area contributed by atoms with Crippen molar-refractivity contribution in [3.8, 4) is 0 Å². The van der Waals surface area contributed by atoms with Gasteiger partial charge in [-0.05, 0) is 18.4 Å². The monoisotopic (exact) mass is 449 g/mol. The van der Waals surface area contributed by atoms with Crippen molar-refractivity contribution in [1.29, 1.82) is 0 Å². The average molecular weight is 449 g/mol. The number of aliphatic hydroxyl groups excluding tert-OH is 1. The van der Waals surface area contributed by atoms with E-state index in [1.165, 1.54) is 5.56 Å². The lowest BCUT2D eigenvalue weighted by atomic mass is 10.2. The first-order valence-corrected chi connectivity index (χ1v) is 8.32. The van der Waals surface area contributed by atoms with Crippen molar-refractivity contribution in [2.75, 3.05) is 33.4 Å². The SMILES string of the molecule is CCNC(=NCC(O)COCC(C)C)N(C)Cc1ccccc1.I. The summed E-state index contributed by atoms with van der Waals surface area (Å²) in [6.07, 6.45) is -0.576. The van der Waals surface area contributed by atoms with E-state index in [1.54, 1.807) is 0 Å². The van der Waals surface area contributed by atoms with Gasteiger partial charge in [-0.15, -0.1) is 24.0 Å². The number of hydrogen-bond donors (Lipinski definition) is 2. The van der Waals surface area contributed by atoms with Crippen molar-refractivity contribution < 1.29 is 9.84 Å². The van der Waals surface area contributed by atoms with Gasteiger partial charge in [0.1, 0.15) is 0 Å². The van der Waals surface area contributed by atoms with Crippen LogP contribution >= 0.6 is 24.0 Å². The van der Waals surface area contributed by atoms with Gasteiger partial charge in [0.2, 0.25) is 0 Å². The Morgan fingerprint density at radius 1 is 1.25 bits per heavy atom. The van der Waals surface area contributed by atoms with Crippen molar-refractivity contribution in [2.45, 2.75) is 33.4 Å². The predicted octanol–water partition coefficient (Wildman–Crippen LogP) is 2.74. The largest absolute Gasteiger partial charge is 0.389 e. The van der Waals surface area contributed by atoms with Crippen LogP contribution in [0.1, 0.15) is 26.3 Å². The second-order valence-electron chi connectivity index (χ2n) is 6.12. The maximum Gasteiger partial charge on any atom is 0.194 e. The molecule has 0 aromatic heterocycles. The second kappa shape index (κ2) is 13.4. The molecule has 1 aromatic carbocycles. The third-order valence-electron chi connectivity index (χ3n) is 3.17. The molecular formula is C18H32IN3O2. The zero-order chi connectivity index (χ0) is 17.1. The Bertz CT molecular complexity index is 455. The number of halogens is 1. The molecular weight excluding hydrogens is 417 g/mol. The molecule has 0 aliphatic heterocycles. The molecule has 0 saturated heterocycles. The van der Waals surface area contributed by atoms with Crippen LogP contribution in [0.15, 0.2) is 35.3 Å². The molecule has 24 heavy (non-hydrogen) atoms. The minimum Gasteiger partial charge on any atom is -0.389 e. The molecule has 0 spiro atoms. The lowest BCUT2D eigenvalue weighted by Crippen LogP contribution is -2.39. The highest BCUT2D eigenvalue weighted by molar-refractivity contribution is 14.0.